The number of pyridine rings is 1. The molecule has 1 aliphatic rings. The van der Waals surface area contributed by atoms with Crippen molar-refractivity contribution in [2.24, 2.45) is 5.92 Å². The third-order valence-electron chi connectivity index (χ3n) is 4.58. The summed E-state index contributed by atoms with van der Waals surface area (Å²) < 4.78 is 2.01. The Morgan fingerprint density at radius 3 is 2.71 bits per heavy atom. The molecule has 1 amide bonds. The third-order valence-corrected chi connectivity index (χ3v) is 5.91. The number of fused-ring (bicyclic) bond motifs is 1. The standard InChI is InChI=1S/C20H24N4O2S2/c1-5-13(4)24-19(26)15(28-20(24)27)10-14-17(21-11-12(2)3)22-16-8-6-7-9-23(16)18(14)25/h6-10,12-13,21H,5,11H2,1-4H3/b15-10-/t13-/m1/s1. The van der Waals surface area contributed by atoms with Crippen LogP contribution in [-0.4, -0.2) is 37.1 Å². The molecule has 1 atom stereocenters. The molecule has 28 heavy (non-hydrogen) atoms. The van der Waals surface area contributed by atoms with Crippen LogP contribution in [0.25, 0.3) is 11.7 Å². The van der Waals surface area contributed by atoms with E-state index >= 15 is 0 Å². The van der Waals surface area contributed by atoms with Crippen molar-refractivity contribution in [2.45, 2.75) is 40.2 Å². The van der Waals surface area contributed by atoms with Gasteiger partial charge in [-0.3, -0.25) is 18.9 Å². The van der Waals surface area contributed by atoms with Crippen molar-refractivity contribution in [1.82, 2.24) is 14.3 Å². The summed E-state index contributed by atoms with van der Waals surface area (Å²) in [5, 5.41) is 3.25. The Morgan fingerprint density at radius 2 is 2.04 bits per heavy atom. The molecule has 0 aromatic carbocycles. The first-order chi connectivity index (χ1) is 13.3. The average molecular weight is 417 g/mol. The molecule has 1 aliphatic heterocycles. The Morgan fingerprint density at radius 1 is 1.29 bits per heavy atom. The lowest BCUT2D eigenvalue weighted by Crippen LogP contribution is -2.36. The number of anilines is 1. The molecule has 0 radical (unpaired) electrons. The summed E-state index contributed by atoms with van der Waals surface area (Å²) >= 11 is 6.63. The van der Waals surface area contributed by atoms with Gasteiger partial charge < -0.3 is 5.32 Å². The lowest BCUT2D eigenvalue weighted by molar-refractivity contribution is -0.123. The molecule has 2 aromatic rings. The molecule has 2 aromatic heterocycles. The third kappa shape index (κ3) is 3.98. The molecule has 3 heterocycles. The van der Waals surface area contributed by atoms with Gasteiger partial charge in [-0.15, -0.1) is 0 Å². The first kappa shape index (κ1) is 20.5. The van der Waals surface area contributed by atoms with Crippen molar-refractivity contribution >= 4 is 51.7 Å². The van der Waals surface area contributed by atoms with Crippen LogP contribution in [0.4, 0.5) is 5.82 Å². The SMILES string of the molecule is CC[C@@H](C)N1C(=O)/C(=C/c2c(NCC(C)C)nc3ccccn3c2=O)SC1=S. The zero-order valence-electron chi connectivity index (χ0n) is 16.4. The van der Waals surface area contributed by atoms with Gasteiger partial charge in [-0.05, 0) is 37.5 Å². The van der Waals surface area contributed by atoms with Gasteiger partial charge in [0.15, 0.2) is 0 Å². The summed E-state index contributed by atoms with van der Waals surface area (Å²) in [7, 11) is 0. The lowest BCUT2D eigenvalue weighted by Gasteiger charge is -2.21. The van der Waals surface area contributed by atoms with E-state index in [-0.39, 0.29) is 17.5 Å². The van der Waals surface area contributed by atoms with Gasteiger partial charge in [0.05, 0.1) is 10.5 Å². The van der Waals surface area contributed by atoms with Crippen LogP contribution < -0.4 is 10.9 Å². The Bertz CT molecular complexity index is 1010. The van der Waals surface area contributed by atoms with E-state index in [0.717, 1.165) is 6.42 Å². The summed E-state index contributed by atoms with van der Waals surface area (Å²) in [6.45, 7) is 8.82. The van der Waals surface area contributed by atoms with E-state index in [9.17, 15) is 9.59 Å². The van der Waals surface area contributed by atoms with Crippen molar-refractivity contribution in [2.75, 3.05) is 11.9 Å². The number of thioether (sulfide) groups is 1. The summed E-state index contributed by atoms with van der Waals surface area (Å²) in [6.07, 6.45) is 4.11. The predicted molar refractivity (Wildman–Crippen MR) is 120 cm³/mol. The summed E-state index contributed by atoms with van der Waals surface area (Å²) in [5.41, 5.74) is 0.711. The summed E-state index contributed by atoms with van der Waals surface area (Å²) in [5.74, 6) is 0.711. The van der Waals surface area contributed by atoms with E-state index in [0.29, 0.717) is 38.7 Å². The molecule has 6 nitrogen and oxygen atoms in total. The maximum Gasteiger partial charge on any atom is 0.267 e. The zero-order valence-corrected chi connectivity index (χ0v) is 18.1. The smallest absolute Gasteiger partial charge is 0.267 e. The average Bonchev–Trinajstić information content (AvgIpc) is 2.95. The fourth-order valence-corrected chi connectivity index (χ4v) is 4.29. The second kappa shape index (κ2) is 8.45. The van der Waals surface area contributed by atoms with Crippen LogP contribution in [0, 0.1) is 5.92 Å². The second-order valence-corrected chi connectivity index (χ2v) is 8.87. The Labute approximate surface area is 174 Å². The molecule has 1 saturated heterocycles. The van der Waals surface area contributed by atoms with Crippen LogP contribution >= 0.6 is 24.0 Å². The van der Waals surface area contributed by atoms with Crippen molar-refractivity contribution in [3.63, 3.8) is 0 Å². The fourth-order valence-electron chi connectivity index (χ4n) is 2.84. The maximum absolute atomic E-state index is 13.1. The van der Waals surface area contributed by atoms with Crippen molar-refractivity contribution in [3.05, 3.63) is 45.2 Å². The molecule has 3 rings (SSSR count). The largest absolute Gasteiger partial charge is 0.369 e. The number of nitrogens with one attached hydrogen (secondary N) is 1. The van der Waals surface area contributed by atoms with Crippen LogP contribution in [0.3, 0.4) is 0 Å². The molecule has 1 fully saturated rings. The Hall–Kier alpha value is -2.19. The van der Waals surface area contributed by atoms with Gasteiger partial charge in [0.25, 0.3) is 11.5 Å². The second-order valence-electron chi connectivity index (χ2n) is 7.19. The van der Waals surface area contributed by atoms with Gasteiger partial charge in [0, 0.05) is 18.8 Å². The minimum absolute atomic E-state index is 0.0211. The highest BCUT2D eigenvalue weighted by atomic mass is 32.2. The Kier molecular flexibility index (Phi) is 6.20. The number of carbonyl (C=O) groups excluding carboxylic acids is 1. The first-order valence-corrected chi connectivity index (χ1v) is 10.6. The molecule has 0 aliphatic carbocycles. The topological polar surface area (TPSA) is 66.7 Å². The van der Waals surface area contributed by atoms with E-state index in [1.807, 2.05) is 19.9 Å². The van der Waals surface area contributed by atoms with Crippen molar-refractivity contribution in [3.8, 4) is 0 Å². The normalized spacial score (nSPS) is 17.2. The summed E-state index contributed by atoms with van der Waals surface area (Å²) in [4.78, 5) is 32.7. The van der Waals surface area contributed by atoms with E-state index in [2.05, 4.69) is 24.1 Å². The molecule has 0 unspecified atom stereocenters. The van der Waals surface area contributed by atoms with Crippen LogP contribution in [0.1, 0.15) is 39.7 Å². The number of nitrogens with zero attached hydrogens (tertiary/aromatic N) is 3. The first-order valence-electron chi connectivity index (χ1n) is 9.35. The highest BCUT2D eigenvalue weighted by molar-refractivity contribution is 8.26. The number of hydrogen-bond acceptors (Lipinski definition) is 6. The minimum atomic E-state index is -0.217. The molecule has 8 heteroatoms. The van der Waals surface area contributed by atoms with Gasteiger partial charge in [-0.2, -0.15) is 0 Å². The van der Waals surface area contributed by atoms with Crippen molar-refractivity contribution < 1.29 is 4.79 Å². The highest BCUT2D eigenvalue weighted by Gasteiger charge is 2.35. The fraction of sp³-hybridized carbons (Fsp3) is 0.400. The van der Waals surface area contributed by atoms with Crippen LogP contribution in [0.2, 0.25) is 0 Å². The molecule has 0 saturated carbocycles. The van der Waals surface area contributed by atoms with Gasteiger partial charge >= 0.3 is 0 Å². The molecule has 0 spiro atoms. The van der Waals surface area contributed by atoms with Crippen LogP contribution in [0.5, 0.6) is 0 Å². The minimum Gasteiger partial charge on any atom is -0.369 e. The lowest BCUT2D eigenvalue weighted by atomic mass is 10.2. The monoisotopic (exact) mass is 416 g/mol. The van der Waals surface area contributed by atoms with Gasteiger partial charge in [0.1, 0.15) is 15.8 Å². The molecule has 148 valence electrons. The quantitative estimate of drug-likeness (QED) is 0.571. The van der Waals surface area contributed by atoms with E-state index in [1.165, 1.54) is 16.2 Å². The van der Waals surface area contributed by atoms with Crippen LogP contribution in [-0.2, 0) is 4.79 Å². The number of hydrogen-bond donors (Lipinski definition) is 1. The van der Waals surface area contributed by atoms with E-state index in [1.54, 1.807) is 29.3 Å². The number of carbonyl (C=O) groups is 1. The Balaban J connectivity index is 2.11. The maximum atomic E-state index is 13.1. The number of aromatic nitrogens is 2. The molecular formula is C20H24N4O2S2. The number of amides is 1. The molecule has 0 bridgehead atoms. The van der Waals surface area contributed by atoms with E-state index < -0.39 is 0 Å². The summed E-state index contributed by atoms with van der Waals surface area (Å²) in [6, 6.07) is 5.43. The number of rotatable bonds is 6. The van der Waals surface area contributed by atoms with E-state index in [4.69, 9.17) is 12.2 Å². The predicted octanol–water partition coefficient (Wildman–Crippen LogP) is 3.76. The van der Waals surface area contributed by atoms with Crippen molar-refractivity contribution in [1.29, 1.82) is 0 Å². The van der Waals surface area contributed by atoms with Gasteiger partial charge in [-0.25, -0.2) is 4.98 Å². The van der Waals surface area contributed by atoms with Crippen LogP contribution in [0.15, 0.2) is 34.1 Å². The number of thiocarbonyl (C=S) groups is 1. The molecule has 1 N–H and O–H groups in total. The highest BCUT2D eigenvalue weighted by Crippen LogP contribution is 2.34. The molecular weight excluding hydrogens is 392 g/mol. The van der Waals surface area contributed by atoms with Gasteiger partial charge in [0.2, 0.25) is 0 Å². The van der Waals surface area contributed by atoms with Gasteiger partial charge in [-0.1, -0.05) is 50.8 Å². The zero-order chi connectivity index (χ0) is 20.4.